The van der Waals surface area contributed by atoms with Gasteiger partial charge in [-0.25, -0.2) is 13.8 Å². The van der Waals surface area contributed by atoms with Gasteiger partial charge in [0.15, 0.2) is 0 Å². The molecule has 0 saturated carbocycles. The topological polar surface area (TPSA) is 22.1 Å². The predicted molar refractivity (Wildman–Crippen MR) is 81.6 cm³/mol. The Balaban J connectivity index is 2.20. The second-order valence-corrected chi connectivity index (χ2v) is 4.74. The summed E-state index contributed by atoms with van der Waals surface area (Å²) in [6, 6.07) is 14.4. The molecule has 0 aliphatic heterocycles. The number of methoxy groups -OCH3 is 1. The minimum atomic E-state index is -0.381. The van der Waals surface area contributed by atoms with Gasteiger partial charge in [0.2, 0.25) is 5.88 Å². The molecule has 2 nitrogen and oxygen atoms in total. The van der Waals surface area contributed by atoms with Crippen molar-refractivity contribution in [1.29, 1.82) is 0 Å². The zero-order valence-electron chi connectivity index (χ0n) is 11.9. The fourth-order valence-corrected chi connectivity index (χ4v) is 2.33. The summed E-state index contributed by atoms with van der Waals surface area (Å²) >= 11 is 0. The second kappa shape index (κ2) is 5.93. The third-order valence-electron chi connectivity index (χ3n) is 3.39. The van der Waals surface area contributed by atoms with Gasteiger partial charge < -0.3 is 4.74 Å². The normalized spacial score (nSPS) is 10.5. The van der Waals surface area contributed by atoms with Gasteiger partial charge in [0.05, 0.1) is 7.11 Å². The molecule has 2 aromatic carbocycles. The van der Waals surface area contributed by atoms with Crippen LogP contribution in [0, 0.1) is 11.6 Å². The zero-order chi connectivity index (χ0) is 15.5. The lowest BCUT2D eigenvalue weighted by Gasteiger charge is -2.11. The number of nitrogens with zero attached hydrogens (tertiary/aromatic N) is 1. The second-order valence-electron chi connectivity index (χ2n) is 4.74. The summed E-state index contributed by atoms with van der Waals surface area (Å²) in [5.74, 6) is -0.438. The Hall–Kier alpha value is -2.75. The number of pyridine rings is 1. The quantitative estimate of drug-likeness (QED) is 0.699. The average molecular weight is 297 g/mol. The highest BCUT2D eigenvalue weighted by atomic mass is 19.1. The summed E-state index contributed by atoms with van der Waals surface area (Å²) < 4.78 is 33.2. The van der Waals surface area contributed by atoms with Crippen molar-refractivity contribution in [3.8, 4) is 28.1 Å². The summed E-state index contributed by atoms with van der Waals surface area (Å²) in [5, 5.41) is 0. The molecule has 1 heterocycles. The number of aromatic nitrogens is 1. The average Bonchev–Trinajstić information content (AvgIpc) is 2.55. The molecule has 0 aliphatic rings. The molecule has 110 valence electrons. The number of hydrogen-bond acceptors (Lipinski definition) is 2. The van der Waals surface area contributed by atoms with Gasteiger partial charge in [-0.15, -0.1) is 0 Å². The van der Waals surface area contributed by atoms with Crippen molar-refractivity contribution < 1.29 is 13.5 Å². The molecule has 0 fully saturated rings. The molecular weight excluding hydrogens is 284 g/mol. The molecule has 4 heteroatoms. The van der Waals surface area contributed by atoms with Crippen LogP contribution in [0.3, 0.4) is 0 Å². The summed E-state index contributed by atoms with van der Waals surface area (Å²) in [4.78, 5) is 4.18. The Morgan fingerprint density at radius 3 is 2.00 bits per heavy atom. The van der Waals surface area contributed by atoms with E-state index >= 15 is 0 Å². The van der Waals surface area contributed by atoms with Crippen LogP contribution in [0.2, 0.25) is 0 Å². The molecule has 0 amide bonds. The Morgan fingerprint density at radius 2 is 1.41 bits per heavy atom. The highest BCUT2D eigenvalue weighted by Crippen LogP contribution is 2.34. The van der Waals surface area contributed by atoms with Crippen molar-refractivity contribution in [3.63, 3.8) is 0 Å². The first-order valence-corrected chi connectivity index (χ1v) is 6.74. The van der Waals surface area contributed by atoms with Crippen LogP contribution in [0.1, 0.15) is 0 Å². The number of benzene rings is 2. The first kappa shape index (κ1) is 14.2. The number of ether oxygens (including phenoxy) is 1. The van der Waals surface area contributed by atoms with Crippen LogP contribution in [0.4, 0.5) is 8.78 Å². The van der Waals surface area contributed by atoms with E-state index < -0.39 is 0 Å². The zero-order valence-corrected chi connectivity index (χ0v) is 11.9. The Morgan fingerprint density at radius 1 is 0.818 bits per heavy atom. The van der Waals surface area contributed by atoms with Crippen molar-refractivity contribution in [2.45, 2.75) is 0 Å². The maximum Gasteiger partial charge on any atom is 0.221 e. The highest BCUT2D eigenvalue weighted by Gasteiger charge is 2.14. The molecule has 0 radical (unpaired) electrons. The van der Waals surface area contributed by atoms with Crippen LogP contribution < -0.4 is 4.74 Å². The van der Waals surface area contributed by atoms with E-state index in [0.29, 0.717) is 28.1 Å². The smallest absolute Gasteiger partial charge is 0.221 e. The van der Waals surface area contributed by atoms with Crippen LogP contribution in [0.5, 0.6) is 5.88 Å². The lowest BCUT2D eigenvalue weighted by molar-refractivity contribution is 0.399. The number of hydrogen-bond donors (Lipinski definition) is 0. The van der Waals surface area contributed by atoms with Crippen molar-refractivity contribution in [1.82, 2.24) is 4.98 Å². The highest BCUT2D eigenvalue weighted by molar-refractivity contribution is 5.76. The van der Waals surface area contributed by atoms with Crippen molar-refractivity contribution in [3.05, 3.63) is 72.4 Å². The summed E-state index contributed by atoms with van der Waals surface area (Å²) in [5.41, 5.74) is 1.83. The SMILES string of the molecule is COc1ncc(-c2ccccc2F)cc1-c1ccccc1F. The summed E-state index contributed by atoms with van der Waals surface area (Å²) in [6.45, 7) is 0. The third kappa shape index (κ3) is 2.55. The van der Waals surface area contributed by atoms with Crippen LogP contribution in [-0.2, 0) is 0 Å². The van der Waals surface area contributed by atoms with E-state index in [2.05, 4.69) is 4.98 Å². The standard InChI is InChI=1S/C18H13F2NO/c1-22-18-15(14-7-3-5-9-17(14)20)10-12(11-21-18)13-6-2-4-8-16(13)19/h2-11H,1H3. The van der Waals surface area contributed by atoms with Crippen molar-refractivity contribution in [2.75, 3.05) is 7.11 Å². The van der Waals surface area contributed by atoms with Gasteiger partial charge in [0.1, 0.15) is 11.6 Å². The van der Waals surface area contributed by atoms with E-state index in [1.165, 1.54) is 25.4 Å². The van der Waals surface area contributed by atoms with Crippen LogP contribution in [-0.4, -0.2) is 12.1 Å². The lowest BCUT2D eigenvalue weighted by atomic mass is 10.0. The predicted octanol–water partition coefficient (Wildman–Crippen LogP) is 4.70. The molecule has 0 atom stereocenters. The van der Waals surface area contributed by atoms with Gasteiger partial charge >= 0.3 is 0 Å². The minimum absolute atomic E-state index is 0.296. The number of rotatable bonds is 3. The lowest BCUT2D eigenvalue weighted by Crippen LogP contribution is -1.95. The van der Waals surface area contributed by atoms with E-state index in [9.17, 15) is 8.78 Å². The summed E-state index contributed by atoms with van der Waals surface area (Å²) in [6.07, 6.45) is 1.52. The van der Waals surface area contributed by atoms with E-state index in [0.717, 1.165) is 0 Å². The molecule has 0 aliphatic carbocycles. The van der Waals surface area contributed by atoms with Gasteiger partial charge in [-0.05, 0) is 18.2 Å². The van der Waals surface area contributed by atoms with E-state index in [4.69, 9.17) is 4.74 Å². The van der Waals surface area contributed by atoms with E-state index in [1.54, 1.807) is 42.5 Å². The largest absolute Gasteiger partial charge is 0.481 e. The molecule has 3 aromatic rings. The molecule has 3 rings (SSSR count). The van der Waals surface area contributed by atoms with Crippen LogP contribution in [0.25, 0.3) is 22.3 Å². The van der Waals surface area contributed by atoms with E-state index in [-0.39, 0.29) is 11.6 Å². The van der Waals surface area contributed by atoms with Crippen LogP contribution in [0.15, 0.2) is 60.8 Å². The molecule has 0 spiro atoms. The van der Waals surface area contributed by atoms with Gasteiger partial charge in [0.25, 0.3) is 0 Å². The Kier molecular flexibility index (Phi) is 3.83. The van der Waals surface area contributed by atoms with Gasteiger partial charge in [-0.1, -0.05) is 36.4 Å². The minimum Gasteiger partial charge on any atom is -0.481 e. The summed E-state index contributed by atoms with van der Waals surface area (Å²) in [7, 11) is 1.47. The van der Waals surface area contributed by atoms with Crippen LogP contribution >= 0.6 is 0 Å². The number of halogens is 2. The van der Waals surface area contributed by atoms with Gasteiger partial charge in [-0.2, -0.15) is 0 Å². The maximum absolute atomic E-state index is 14.0. The van der Waals surface area contributed by atoms with E-state index in [1.807, 2.05) is 0 Å². The maximum atomic E-state index is 14.0. The first-order valence-electron chi connectivity index (χ1n) is 6.74. The Labute approximate surface area is 127 Å². The molecule has 0 N–H and O–H groups in total. The molecular formula is C18H13F2NO. The fourth-order valence-electron chi connectivity index (χ4n) is 2.33. The Bertz CT molecular complexity index is 818. The molecule has 0 unspecified atom stereocenters. The van der Waals surface area contributed by atoms with Gasteiger partial charge in [-0.3, -0.25) is 0 Å². The third-order valence-corrected chi connectivity index (χ3v) is 3.39. The first-order chi connectivity index (χ1) is 10.7. The molecule has 0 bridgehead atoms. The monoisotopic (exact) mass is 297 g/mol. The van der Waals surface area contributed by atoms with Gasteiger partial charge in [0, 0.05) is 28.5 Å². The molecule has 22 heavy (non-hydrogen) atoms. The van der Waals surface area contributed by atoms with Crippen molar-refractivity contribution >= 4 is 0 Å². The van der Waals surface area contributed by atoms with Crippen molar-refractivity contribution in [2.24, 2.45) is 0 Å². The molecule has 1 aromatic heterocycles. The fraction of sp³-hybridized carbons (Fsp3) is 0.0556. The molecule has 0 saturated heterocycles.